The first kappa shape index (κ1) is 10.7. The zero-order valence-corrected chi connectivity index (χ0v) is 9.41. The second-order valence-corrected chi connectivity index (χ2v) is 4.67. The van der Waals surface area contributed by atoms with Crippen LogP contribution < -0.4 is 4.74 Å². The maximum atomic E-state index is 10.1. The summed E-state index contributed by atoms with van der Waals surface area (Å²) in [6.45, 7) is 0. The summed E-state index contributed by atoms with van der Waals surface area (Å²) in [5, 5.41) is 10.1. The number of nitrogens with zero attached hydrogens (tertiary/aromatic N) is 2. The molecule has 1 aromatic heterocycles. The van der Waals surface area contributed by atoms with Gasteiger partial charge in [-0.25, -0.2) is 4.98 Å². The van der Waals surface area contributed by atoms with Gasteiger partial charge in [-0.15, -0.1) is 0 Å². The van der Waals surface area contributed by atoms with Crippen molar-refractivity contribution in [2.45, 2.75) is 12.5 Å². The highest BCUT2D eigenvalue weighted by Crippen LogP contribution is 2.35. The smallest absolute Gasteiger partial charge is 0.238 e. The summed E-state index contributed by atoms with van der Waals surface area (Å²) < 4.78 is 5.09. The Hall–Kier alpha value is -0.810. The van der Waals surface area contributed by atoms with Crippen molar-refractivity contribution in [1.82, 2.24) is 9.97 Å². The first-order valence-corrected chi connectivity index (χ1v) is 6.09. The van der Waals surface area contributed by atoms with Gasteiger partial charge in [0.25, 0.3) is 0 Å². The number of methoxy groups -OCH3 is 1. The minimum absolute atomic E-state index is 0.278. The Bertz CT molecular complexity index is 329. The Labute approximate surface area is 93.1 Å². The van der Waals surface area contributed by atoms with Crippen LogP contribution in [0.15, 0.2) is 12.4 Å². The lowest BCUT2D eigenvalue weighted by atomic mass is 9.99. The minimum Gasteiger partial charge on any atom is -0.480 e. The third kappa shape index (κ3) is 2.23. The van der Waals surface area contributed by atoms with E-state index in [0.29, 0.717) is 11.6 Å². The summed E-state index contributed by atoms with van der Waals surface area (Å²) in [4.78, 5) is 8.19. The quantitative estimate of drug-likeness (QED) is 0.841. The van der Waals surface area contributed by atoms with Gasteiger partial charge in [0.05, 0.1) is 7.11 Å². The molecule has 1 aromatic rings. The van der Waals surface area contributed by atoms with Crippen LogP contribution in [0.4, 0.5) is 0 Å². The fraction of sp³-hybridized carbons (Fsp3) is 0.600. The van der Waals surface area contributed by atoms with E-state index >= 15 is 0 Å². The number of hydrogen-bond donors (Lipinski definition) is 1. The van der Waals surface area contributed by atoms with Crippen molar-refractivity contribution in [2.75, 3.05) is 18.6 Å². The van der Waals surface area contributed by atoms with Crippen molar-refractivity contribution >= 4 is 11.8 Å². The summed E-state index contributed by atoms with van der Waals surface area (Å²) in [7, 11) is 1.55. The maximum absolute atomic E-state index is 10.1. The monoisotopic (exact) mass is 226 g/mol. The van der Waals surface area contributed by atoms with Crippen LogP contribution in [-0.2, 0) is 0 Å². The van der Waals surface area contributed by atoms with Crippen LogP contribution in [0, 0.1) is 5.92 Å². The molecule has 1 aliphatic heterocycles. The fourth-order valence-electron chi connectivity index (χ4n) is 1.72. The molecule has 1 aliphatic rings. The summed E-state index contributed by atoms with van der Waals surface area (Å²) in [5.74, 6) is 2.81. The molecule has 1 fully saturated rings. The third-order valence-corrected chi connectivity index (χ3v) is 3.76. The number of ether oxygens (including phenoxy) is 1. The van der Waals surface area contributed by atoms with Crippen LogP contribution in [0.3, 0.4) is 0 Å². The highest BCUT2D eigenvalue weighted by atomic mass is 32.2. The molecule has 0 aromatic carbocycles. The first-order chi connectivity index (χ1) is 7.33. The standard InChI is InChI=1S/C10H14N2O2S/c1-14-10-8(11-3-4-12-10)9(13)7-2-5-15-6-7/h3-4,7,9,13H,2,5-6H2,1H3. The number of thioether (sulfide) groups is 1. The maximum Gasteiger partial charge on any atom is 0.238 e. The van der Waals surface area contributed by atoms with Crippen LogP contribution in [0.1, 0.15) is 18.2 Å². The largest absolute Gasteiger partial charge is 0.480 e. The van der Waals surface area contributed by atoms with E-state index < -0.39 is 6.10 Å². The summed E-state index contributed by atoms with van der Waals surface area (Å²) >= 11 is 1.87. The van der Waals surface area contributed by atoms with Gasteiger partial charge in [-0.05, 0) is 17.9 Å². The molecule has 0 radical (unpaired) electrons. The Morgan fingerprint density at radius 1 is 1.53 bits per heavy atom. The van der Waals surface area contributed by atoms with E-state index in [1.807, 2.05) is 11.8 Å². The van der Waals surface area contributed by atoms with Gasteiger partial charge in [-0.1, -0.05) is 0 Å². The van der Waals surface area contributed by atoms with Crippen molar-refractivity contribution in [2.24, 2.45) is 5.92 Å². The molecule has 1 saturated heterocycles. The lowest BCUT2D eigenvalue weighted by molar-refractivity contribution is 0.112. The second-order valence-electron chi connectivity index (χ2n) is 3.52. The van der Waals surface area contributed by atoms with Gasteiger partial charge >= 0.3 is 0 Å². The molecule has 0 bridgehead atoms. The molecular weight excluding hydrogens is 212 g/mol. The van der Waals surface area contributed by atoms with Crippen LogP contribution in [-0.4, -0.2) is 33.7 Å². The molecule has 4 nitrogen and oxygen atoms in total. The fourth-order valence-corrected chi connectivity index (χ4v) is 3.01. The lowest BCUT2D eigenvalue weighted by Gasteiger charge is -2.17. The Balaban J connectivity index is 2.19. The van der Waals surface area contributed by atoms with Crippen molar-refractivity contribution in [3.8, 4) is 5.88 Å². The third-order valence-electron chi connectivity index (χ3n) is 2.58. The SMILES string of the molecule is COc1nccnc1C(O)C1CCSC1. The Morgan fingerprint density at radius 2 is 2.33 bits per heavy atom. The summed E-state index contributed by atoms with van der Waals surface area (Å²) in [6.07, 6.45) is 3.64. The highest BCUT2D eigenvalue weighted by molar-refractivity contribution is 7.99. The second kappa shape index (κ2) is 4.81. The highest BCUT2D eigenvalue weighted by Gasteiger charge is 2.28. The van der Waals surface area contributed by atoms with Crippen molar-refractivity contribution in [3.05, 3.63) is 18.1 Å². The van der Waals surface area contributed by atoms with Crippen molar-refractivity contribution in [1.29, 1.82) is 0 Å². The van der Waals surface area contributed by atoms with E-state index in [0.717, 1.165) is 17.9 Å². The first-order valence-electron chi connectivity index (χ1n) is 4.93. The van der Waals surface area contributed by atoms with E-state index in [1.165, 1.54) is 0 Å². The van der Waals surface area contributed by atoms with Gasteiger partial charge in [0.15, 0.2) is 0 Å². The van der Waals surface area contributed by atoms with Crippen LogP contribution in [0.2, 0.25) is 0 Å². The molecule has 0 spiro atoms. The molecule has 5 heteroatoms. The van der Waals surface area contributed by atoms with Crippen LogP contribution in [0.25, 0.3) is 0 Å². The summed E-state index contributed by atoms with van der Waals surface area (Å²) in [5.41, 5.74) is 0.563. The van der Waals surface area contributed by atoms with E-state index in [9.17, 15) is 5.11 Å². The molecule has 2 heterocycles. The van der Waals surface area contributed by atoms with E-state index in [-0.39, 0.29) is 5.92 Å². The van der Waals surface area contributed by atoms with Gasteiger partial charge in [0, 0.05) is 18.3 Å². The molecule has 2 rings (SSSR count). The number of aliphatic hydroxyl groups excluding tert-OH is 1. The van der Waals surface area contributed by atoms with Crippen LogP contribution in [0.5, 0.6) is 5.88 Å². The zero-order chi connectivity index (χ0) is 10.7. The molecular formula is C10H14N2O2S. The van der Waals surface area contributed by atoms with E-state index in [2.05, 4.69) is 9.97 Å². The Kier molecular flexibility index (Phi) is 3.43. The van der Waals surface area contributed by atoms with Gasteiger partial charge in [-0.3, -0.25) is 4.98 Å². The van der Waals surface area contributed by atoms with Crippen LogP contribution >= 0.6 is 11.8 Å². The van der Waals surface area contributed by atoms with E-state index in [1.54, 1.807) is 19.5 Å². The van der Waals surface area contributed by atoms with Gasteiger partial charge in [0.1, 0.15) is 11.8 Å². The predicted octanol–water partition coefficient (Wildman–Crippen LogP) is 1.27. The number of aromatic nitrogens is 2. The number of hydrogen-bond acceptors (Lipinski definition) is 5. The molecule has 1 N–H and O–H groups in total. The normalized spacial score (nSPS) is 22.7. The lowest BCUT2D eigenvalue weighted by Crippen LogP contribution is -2.14. The van der Waals surface area contributed by atoms with Crippen molar-refractivity contribution < 1.29 is 9.84 Å². The number of rotatable bonds is 3. The Morgan fingerprint density at radius 3 is 3.00 bits per heavy atom. The topological polar surface area (TPSA) is 55.2 Å². The van der Waals surface area contributed by atoms with Gasteiger partial charge < -0.3 is 9.84 Å². The zero-order valence-electron chi connectivity index (χ0n) is 8.59. The average Bonchev–Trinajstić information content (AvgIpc) is 2.81. The average molecular weight is 226 g/mol. The molecule has 82 valence electrons. The summed E-state index contributed by atoms with van der Waals surface area (Å²) in [6, 6.07) is 0. The number of aliphatic hydroxyl groups is 1. The molecule has 15 heavy (non-hydrogen) atoms. The predicted molar refractivity (Wildman–Crippen MR) is 59.0 cm³/mol. The molecule has 2 unspecified atom stereocenters. The van der Waals surface area contributed by atoms with Gasteiger partial charge in [-0.2, -0.15) is 11.8 Å². The molecule has 0 amide bonds. The minimum atomic E-state index is -0.552. The van der Waals surface area contributed by atoms with Crippen molar-refractivity contribution in [3.63, 3.8) is 0 Å². The molecule has 2 atom stereocenters. The molecule has 0 aliphatic carbocycles. The molecule has 0 saturated carbocycles. The van der Waals surface area contributed by atoms with Gasteiger partial charge in [0.2, 0.25) is 5.88 Å². The van der Waals surface area contributed by atoms with E-state index in [4.69, 9.17) is 4.74 Å².